The summed E-state index contributed by atoms with van der Waals surface area (Å²) in [5.41, 5.74) is 0. The number of ether oxygens (including phenoxy) is 3. The fraction of sp³-hybridized carbons (Fsp3) is 0.734. The molecule has 0 aliphatic rings. The van der Waals surface area contributed by atoms with Crippen LogP contribution in [0.3, 0.4) is 0 Å². The van der Waals surface area contributed by atoms with Crippen molar-refractivity contribution < 1.29 is 28.6 Å². The second-order valence-corrected chi connectivity index (χ2v) is 19.5. The largest absolute Gasteiger partial charge is 0.462 e. The van der Waals surface area contributed by atoms with Gasteiger partial charge in [0.25, 0.3) is 0 Å². The SMILES string of the molecule is CC/C=C\C/C=C\C/C=C\C/C=C\C/C=C\CCCCCCCC(=O)OCC(COC(=O)CCCCCCC/C=C\C/C=C\CCCC)OC(=O)CCCCCCCCCCCCCCCCCCC. The van der Waals surface area contributed by atoms with Gasteiger partial charge in [0.15, 0.2) is 6.10 Å². The smallest absolute Gasteiger partial charge is 0.306 e. The van der Waals surface area contributed by atoms with Crippen LogP contribution in [0.15, 0.2) is 85.1 Å². The van der Waals surface area contributed by atoms with E-state index in [0.29, 0.717) is 19.3 Å². The van der Waals surface area contributed by atoms with E-state index in [1.807, 2.05) is 0 Å². The number of allylic oxidation sites excluding steroid dienone is 14. The zero-order valence-electron chi connectivity index (χ0n) is 46.0. The Labute approximate surface area is 433 Å². The van der Waals surface area contributed by atoms with Crippen LogP contribution >= 0.6 is 0 Å². The Morgan fingerprint density at radius 2 is 0.571 bits per heavy atom. The zero-order valence-corrected chi connectivity index (χ0v) is 46.0. The van der Waals surface area contributed by atoms with Crippen LogP contribution in [-0.2, 0) is 28.6 Å². The minimum absolute atomic E-state index is 0.0884. The molecule has 0 radical (unpaired) electrons. The summed E-state index contributed by atoms with van der Waals surface area (Å²) in [5.74, 6) is -0.910. The van der Waals surface area contributed by atoms with Crippen LogP contribution in [0.5, 0.6) is 0 Å². The van der Waals surface area contributed by atoms with Crippen molar-refractivity contribution in [1.82, 2.24) is 0 Å². The molecule has 0 fully saturated rings. The van der Waals surface area contributed by atoms with Crippen molar-refractivity contribution in [3.05, 3.63) is 85.1 Å². The molecule has 0 aromatic rings. The van der Waals surface area contributed by atoms with Gasteiger partial charge in [0.1, 0.15) is 13.2 Å². The highest BCUT2D eigenvalue weighted by molar-refractivity contribution is 5.71. The predicted octanol–water partition coefficient (Wildman–Crippen LogP) is 19.9. The molecule has 0 aromatic heterocycles. The van der Waals surface area contributed by atoms with Gasteiger partial charge in [0.05, 0.1) is 0 Å². The monoisotopic (exact) mass is 975 g/mol. The van der Waals surface area contributed by atoms with E-state index in [4.69, 9.17) is 14.2 Å². The van der Waals surface area contributed by atoms with Crippen molar-refractivity contribution in [2.24, 2.45) is 0 Å². The van der Waals surface area contributed by atoms with Crippen LogP contribution in [0.2, 0.25) is 0 Å². The molecular formula is C64H110O6. The van der Waals surface area contributed by atoms with Crippen LogP contribution in [0.1, 0.15) is 284 Å². The van der Waals surface area contributed by atoms with Gasteiger partial charge < -0.3 is 14.2 Å². The first-order chi connectivity index (χ1) is 34.5. The van der Waals surface area contributed by atoms with Gasteiger partial charge in [0.2, 0.25) is 0 Å². The fourth-order valence-corrected chi connectivity index (χ4v) is 8.19. The van der Waals surface area contributed by atoms with Gasteiger partial charge in [-0.15, -0.1) is 0 Å². The van der Waals surface area contributed by atoms with E-state index in [2.05, 4.69) is 106 Å². The third-order valence-electron chi connectivity index (χ3n) is 12.6. The topological polar surface area (TPSA) is 78.9 Å². The van der Waals surface area contributed by atoms with Crippen molar-refractivity contribution in [1.29, 1.82) is 0 Å². The van der Waals surface area contributed by atoms with E-state index in [1.165, 1.54) is 109 Å². The highest BCUT2D eigenvalue weighted by Crippen LogP contribution is 2.16. The number of rotatable bonds is 53. The number of hydrogen-bond acceptors (Lipinski definition) is 6. The van der Waals surface area contributed by atoms with Gasteiger partial charge in [-0.1, -0.05) is 260 Å². The summed E-state index contributed by atoms with van der Waals surface area (Å²) in [6, 6.07) is 0. The standard InChI is InChI=1S/C64H110O6/c1-4-7-10-13-16-19-22-25-28-30-31-32-33-35-36-39-42-45-48-51-54-57-63(66)69-60-61(59-68-62(65)56-53-50-47-44-41-38-27-24-21-18-15-12-9-6-3)70-64(67)58-55-52-49-46-43-40-37-34-29-26-23-20-17-14-11-8-5-2/h7,10,15-16,18-19,24-25,27-28,31-32,35-36,61H,4-6,8-9,11-14,17,20-23,26,29-30,33-34,37-60H2,1-3H3/b10-7-,18-15-,19-16-,27-24-,28-25-,32-31-,36-35-. The maximum absolute atomic E-state index is 12.9. The average molecular weight is 976 g/mol. The zero-order chi connectivity index (χ0) is 50.7. The van der Waals surface area contributed by atoms with E-state index in [9.17, 15) is 14.4 Å². The highest BCUT2D eigenvalue weighted by Gasteiger charge is 2.19. The quantitative estimate of drug-likeness (QED) is 0.0261. The van der Waals surface area contributed by atoms with Gasteiger partial charge in [-0.2, -0.15) is 0 Å². The fourth-order valence-electron chi connectivity index (χ4n) is 8.19. The lowest BCUT2D eigenvalue weighted by molar-refractivity contribution is -0.167. The normalized spacial score (nSPS) is 12.7. The molecule has 0 aromatic carbocycles. The summed E-state index contributed by atoms with van der Waals surface area (Å²) < 4.78 is 16.9. The number of carbonyl (C=O) groups is 3. The molecule has 0 rings (SSSR count). The van der Waals surface area contributed by atoms with Gasteiger partial charge in [0, 0.05) is 19.3 Å². The first-order valence-corrected chi connectivity index (χ1v) is 29.6. The summed E-state index contributed by atoms with van der Waals surface area (Å²) in [6.07, 6.45) is 75.7. The van der Waals surface area contributed by atoms with Gasteiger partial charge in [-0.3, -0.25) is 14.4 Å². The second kappa shape index (κ2) is 58.2. The van der Waals surface area contributed by atoms with Crippen LogP contribution in [0.4, 0.5) is 0 Å². The lowest BCUT2D eigenvalue weighted by Crippen LogP contribution is -2.30. The molecule has 6 nitrogen and oxygen atoms in total. The maximum Gasteiger partial charge on any atom is 0.306 e. The first-order valence-electron chi connectivity index (χ1n) is 29.6. The Bertz CT molecular complexity index is 1350. The van der Waals surface area contributed by atoms with E-state index >= 15 is 0 Å². The average Bonchev–Trinajstić information content (AvgIpc) is 3.36. The summed E-state index contributed by atoms with van der Waals surface area (Å²) in [4.78, 5) is 38.2. The molecule has 0 heterocycles. The van der Waals surface area contributed by atoms with E-state index in [1.54, 1.807) is 0 Å². The number of esters is 3. The predicted molar refractivity (Wildman–Crippen MR) is 302 cm³/mol. The molecule has 0 aliphatic heterocycles. The third kappa shape index (κ3) is 55.5. The Balaban J connectivity index is 4.41. The van der Waals surface area contributed by atoms with Gasteiger partial charge in [-0.25, -0.2) is 0 Å². The van der Waals surface area contributed by atoms with Crippen molar-refractivity contribution >= 4 is 17.9 Å². The molecule has 6 heteroatoms. The third-order valence-corrected chi connectivity index (χ3v) is 12.6. The summed E-state index contributed by atoms with van der Waals surface area (Å²) >= 11 is 0. The van der Waals surface area contributed by atoms with Gasteiger partial charge >= 0.3 is 17.9 Å². The number of carbonyl (C=O) groups excluding carboxylic acids is 3. The number of unbranched alkanes of at least 4 members (excludes halogenated alkanes) is 28. The molecular weight excluding hydrogens is 865 g/mol. The second-order valence-electron chi connectivity index (χ2n) is 19.5. The molecule has 0 bridgehead atoms. The van der Waals surface area contributed by atoms with E-state index in [0.717, 1.165) is 135 Å². The van der Waals surface area contributed by atoms with Crippen molar-refractivity contribution in [3.8, 4) is 0 Å². The molecule has 70 heavy (non-hydrogen) atoms. The Kier molecular flexibility index (Phi) is 55.3. The summed E-state index contributed by atoms with van der Waals surface area (Å²) in [7, 11) is 0. The molecule has 0 saturated heterocycles. The highest BCUT2D eigenvalue weighted by atomic mass is 16.6. The van der Waals surface area contributed by atoms with Gasteiger partial charge in [-0.05, 0) is 89.9 Å². The minimum Gasteiger partial charge on any atom is -0.462 e. The van der Waals surface area contributed by atoms with Crippen molar-refractivity contribution in [2.45, 2.75) is 290 Å². The van der Waals surface area contributed by atoms with E-state index in [-0.39, 0.29) is 31.1 Å². The molecule has 0 amide bonds. The molecule has 0 spiro atoms. The lowest BCUT2D eigenvalue weighted by Gasteiger charge is -2.18. The minimum atomic E-state index is -0.790. The molecule has 0 N–H and O–H groups in total. The molecule has 402 valence electrons. The molecule has 1 atom stereocenters. The maximum atomic E-state index is 12.9. The lowest BCUT2D eigenvalue weighted by atomic mass is 10.0. The molecule has 1 unspecified atom stereocenters. The molecule has 0 aliphatic carbocycles. The summed E-state index contributed by atoms with van der Waals surface area (Å²) in [6.45, 7) is 6.48. The van der Waals surface area contributed by atoms with Crippen molar-refractivity contribution in [2.75, 3.05) is 13.2 Å². The molecule has 0 saturated carbocycles. The first kappa shape index (κ1) is 66.6. The van der Waals surface area contributed by atoms with Crippen LogP contribution in [-0.4, -0.2) is 37.2 Å². The van der Waals surface area contributed by atoms with Crippen LogP contribution in [0.25, 0.3) is 0 Å². The Morgan fingerprint density at radius 3 is 0.914 bits per heavy atom. The van der Waals surface area contributed by atoms with Crippen molar-refractivity contribution in [3.63, 3.8) is 0 Å². The Morgan fingerprint density at radius 1 is 0.300 bits per heavy atom. The van der Waals surface area contributed by atoms with Crippen LogP contribution in [0, 0.1) is 0 Å². The Hall–Kier alpha value is -3.41. The summed E-state index contributed by atoms with van der Waals surface area (Å²) in [5, 5.41) is 0. The van der Waals surface area contributed by atoms with Crippen LogP contribution < -0.4 is 0 Å². The number of hydrogen-bond donors (Lipinski definition) is 0. The van der Waals surface area contributed by atoms with E-state index < -0.39 is 6.10 Å².